The number of amides is 3. The fourth-order valence-electron chi connectivity index (χ4n) is 1.38. The highest BCUT2D eigenvalue weighted by molar-refractivity contribution is 14.1. The van der Waals surface area contributed by atoms with Gasteiger partial charge in [0.2, 0.25) is 17.7 Å². The van der Waals surface area contributed by atoms with Crippen molar-refractivity contribution < 1.29 is 14.4 Å². The van der Waals surface area contributed by atoms with E-state index in [0.717, 1.165) is 0 Å². The summed E-state index contributed by atoms with van der Waals surface area (Å²) in [6.45, 7) is 2.78. The van der Waals surface area contributed by atoms with Crippen LogP contribution in [0.1, 0.15) is 19.8 Å². The van der Waals surface area contributed by atoms with Gasteiger partial charge in [0.1, 0.15) is 11.9 Å². The first kappa shape index (κ1) is 18.4. The lowest BCUT2D eigenvalue weighted by atomic mass is 10.1. The molecule has 0 rings (SSSR count). The third-order valence-electron chi connectivity index (χ3n) is 2.24. The number of hydrogen-bond donors (Lipinski definition) is 3. The first-order chi connectivity index (χ1) is 9.04. The van der Waals surface area contributed by atoms with Gasteiger partial charge in [0.05, 0.1) is 4.43 Å². The molecule has 0 bridgehead atoms. The third-order valence-corrected chi connectivity index (χ3v) is 3.17. The fraction of sp³-hybridized carbons (Fsp3) is 0.727. The van der Waals surface area contributed by atoms with Crippen LogP contribution in [0.2, 0.25) is 0 Å². The van der Waals surface area contributed by atoms with Crippen LogP contribution in [-0.4, -0.2) is 47.2 Å². The van der Waals surface area contributed by atoms with Gasteiger partial charge in [-0.2, -0.15) is 0 Å². The summed E-state index contributed by atoms with van der Waals surface area (Å²) >= 11 is 7.37. The Kier molecular flexibility index (Phi) is 10.9. The maximum atomic E-state index is 11.7. The predicted octanol–water partition coefficient (Wildman–Crippen LogP) is 0.178. The molecule has 110 valence electrons. The van der Waals surface area contributed by atoms with Crippen LogP contribution >= 0.6 is 34.2 Å². The molecule has 3 N–H and O–H groups in total. The molecule has 6 nitrogen and oxygen atoms in total. The summed E-state index contributed by atoms with van der Waals surface area (Å²) in [5.74, 6) is -0.836. The third kappa shape index (κ3) is 9.04. The number of alkyl halides is 2. The summed E-state index contributed by atoms with van der Waals surface area (Å²) in [5, 5.41) is 7.92. The van der Waals surface area contributed by atoms with Crippen LogP contribution in [0.3, 0.4) is 0 Å². The number of likely N-dealkylation sites (N-methyl/N-ethyl adjacent to an activating group) is 1. The highest BCUT2D eigenvalue weighted by Crippen LogP contribution is 1.98. The number of halogens is 2. The maximum absolute atomic E-state index is 11.7. The molecule has 0 aliphatic rings. The van der Waals surface area contributed by atoms with Crippen molar-refractivity contribution in [2.45, 2.75) is 25.8 Å². The van der Waals surface area contributed by atoms with E-state index in [4.69, 9.17) is 11.6 Å². The second-order valence-electron chi connectivity index (χ2n) is 3.77. The molecule has 0 unspecified atom stereocenters. The lowest BCUT2D eigenvalue weighted by Gasteiger charge is -2.17. The van der Waals surface area contributed by atoms with Gasteiger partial charge in [-0.1, -0.05) is 22.6 Å². The molecule has 0 saturated heterocycles. The molecular weight excluding hydrogens is 384 g/mol. The van der Waals surface area contributed by atoms with Crippen molar-refractivity contribution in [3.63, 3.8) is 0 Å². The van der Waals surface area contributed by atoms with E-state index < -0.39 is 6.04 Å². The Hall–Kier alpha value is -0.570. The molecule has 0 fully saturated rings. The standard InChI is InChI=1S/C11H19ClIN3O3/c1-2-14-11(19)8(16-9(17)6-12)4-3-5-15-10(18)7-13/h8H,2-7H2,1H3,(H,14,19)(H,15,18)(H,16,17)/t8-/m0/s1. The average molecular weight is 404 g/mol. The first-order valence-corrected chi connectivity index (χ1v) is 8.06. The molecule has 19 heavy (non-hydrogen) atoms. The largest absolute Gasteiger partial charge is 0.355 e. The van der Waals surface area contributed by atoms with Gasteiger partial charge < -0.3 is 16.0 Å². The molecule has 8 heteroatoms. The molecule has 3 amide bonds. The van der Waals surface area contributed by atoms with E-state index in [1.165, 1.54) is 0 Å². The van der Waals surface area contributed by atoms with Gasteiger partial charge in [-0.3, -0.25) is 14.4 Å². The van der Waals surface area contributed by atoms with Gasteiger partial charge in [0.25, 0.3) is 0 Å². The van der Waals surface area contributed by atoms with E-state index in [1.54, 1.807) is 6.92 Å². The summed E-state index contributed by atoms with van der Waals surface area (Å²) < 4.78 is 0.403. The predicted molar refractivity (Wildman–Crippen MR) is 82.5 cm³/mol. The van der Waals surface area contributed by atoms with Gasteiger partial charge >= 0.3 is 0 Å². The van der Waals surface area contributed by atoms with Crippen LogP contribution in [0.25, 0.3) is 0 Å². The number of carbonyl (C=O) groups is 3. The van der Waals surface area contributed by atoms with Crippen molar-refractivity contribution >= 4 is 51.9 Å². The molecule has 0 aromatic heterocycles. The number of hydrogen-bond acceptors (Lipinski definition) is 3. The van der Waals surface area contributed by atoms with Gasteiger partial charge in [0.15, 0.2) is 0 Å². The average Bonchev–Trinajstić information content (AvgIpc) is 2.41. The molecular formula is C11H19ClIN3O3. The number of nitrogens with one attached hydrogen (secondary N) is 3. The normalized spacial score (nSPS) is 11.5. The van der Waals surface area contributed by atoms with Crippen molar-refractivity contribution in [3.05, 3.63) is 0 Å². The topological polar surface area (TPSA) is 87.3 Å². The molecule has 0 radical (unpaired) electrons. The number of carbonyl (C=O) groups excluding carboxylic acids is 3. The van der Waals surface area contributed by atoms with E-state index in [2.05, 4.69) is 16.0 Å². The van der Waals surface area contributed by atoms with Crippen molar-refractivity contribution in [2.24, 2.45) is 0 Å². The summed E-state index contributed by atoms with van der Waals surface area (Å²) in [6, 6.07) is -0.609. The maximum Gasteiger partial charge on any atom is 0.242 e. The van der Waals surface area contributed by atoms with E-state index in [9.17, 15) is 14.4 Å². The van der Waals surface area contributed by atoms with Crippen LogP contribution in [0.4, 0.5) is 0 Å². The number of rotatable bonds is 9. The Balaban J connectivity index is 4.15. The zero-order valence-electron chi connectivity index (χ0n) is 10.8. The molecule has 0 spiro atoms. The summed E-state index contributed by atoms with van der Waals surface area (Å²) in [7, 11) is 0. The quantitative estimate of drug-likeness (QED) is 0.291. The fourth-order valence-corrected chi connectivity index (χ4v) is 1.73. The van der Waals surface area contributed by atoms with E-state index in [-0.39, 0.29) is 23.6 Å². The van der Waals surface area contributed by atoms with Crippen LogP contribution < -0.4 is 16.0 Å². The monoisotopic (exact) mass is 403 g/mol. The molecule has 0 heterocycles. The zero-order valence-corrected chi connectivity index (χ0v) is 13.7. The van der Waals surface area contributed by atoms with Gasteiger partial charge in [-0.15, -0.1) is 11.6 Å². The lowest BCUT2D eigenvalue weighted by molar-refractivity contribution is -0.128. The van der Waals surface area contributed by atoms with Crippen molar-refractivity contribution in [2.75, 3.05) is 23.4 Å². The van der Waals surface area contributed by atoms with Crippen LogP contribution in [0, 0.1) is 0 Å². The summed E-state index contributed by atoms with van der Waals surface area (Å²) in [4.78, 5) is 34.0. The van der Waals surface area contributed by atoms with Crippen LogP contribution in [-0.2, 0) is 14.4 Å². The molecule has 0 aliphatic heterocycles. The second kappa shape index (κ2) is 11.3. The summed E-state index contributed by atoms with van der Waals surface area (Å²) in [5.41, 5.74) is 0. The van der Waals surface area contributed by atoms with Crippen molar-refractivity contribution in [1.29, 1.82) is 0 Å². The lowest BCUT2D eigenvalue weighted by Crippen LogP contribution is -2.47. The highest BCUT2D eigenvalue weighted by Gasteiger charge is 2.19. The van der Waals surface area contributed by atoms with E-state index in [0.29, 0.717) is 30.4 Å². The van der Waals surface area contributed by atoms with E-state index >= 15 is 0 Å². The van der Waals surface area contributed by atoms with E-state index in [1.807, 2.05) is 22.6 Å². The Morgan fingerprint density at radius 1 is 1.21 bits per heavy atom. The summed E-state index contributed by atoms with van der Waals surface area (Å²) in [6.07, 6.45) is 1.06. The van der Waals surface area contributed by atoms with Crippen molar-refractivity contribution in [3.8, 4) is 0 Å². The Morgan fingerprint density at radius 2 is 1.89 bits per heavy atom. The molecule has 1 atom stereocenters. The molecule has 0 aromatic carbocycles. The van der Waals surface area contributed by atoms with Gasteiger partial charge in [-0.25, -0.2) is 0 Å². The minimum absolute atomic E-state index is 0.0417. The van der Waals surface area contributed by atoms with Gasteiger partial charge in [-0.05, 0) is 19.8 Å². The molecule has 0 aliphatic carbocycles. The highest BCUT2D eigenvalue weighted by atomic mass is 127. The Labute approximate surface area is 131 Å². The second-order valence-corrected chi connectivity index (χ2v) is 4.80. The molecule has 0 aromatic rings. The Morgan fingerprint density at radius 3 is 2.42 bits per heavy atom. The smallest absolute Gasteiger partial charge is 0.242 e. The van der Waals surface area contributed by atoms with Crippen molar-refractivity contribution in [1.82, 2.24) is 16.0 Å². The SMILES string of the molecule is CCNC(=O)[C@H](CCCNC(=O)CI)NC(=O)CCl. The first-order valence-electron chi connectivity index (χ1n) is 6.00. The zero-order chi connectivity index (χ0) is 14.7. The Bertz CT molecular complexity index is 316. The van der Waals surface area contributed by atoms with Gasteiger partial charge in [0, 0.05) is 13.1 Å². The van der Waals surface area contributed by atoms with Crippen LogP contribution in [0.5, 0.6) is 0 Å². The molecule has 0 saturated carbocycles. The minimum Gasteiger partial charge on any atom is -0.355 e. The van der Waals surface area contributed by atoms with Crippen LogP contribution in [0.15, 0.2) is 0 Å². The minimum atomic E-state index is -0.609.